The van der Waals surface area contributed by atoms with E-state index >= 15 is 0 Å². The third kappa shape index (κ3) is 5.20. The Hall–Kier alpha value is -4.40. The Morgan fingerprint density at radius 2 is 1.66 bits per heavy atom. The van der Waals surface area contributed by atoms with Gasteiger partial charge in [-0.1, -0.05) is 18.2 Å². The minimum Gasteiger partial charge on any atom is -0.490 e. The molecule has 2 aromatic heterocycles. The van der Waals surface area contributed by atoms with E-state index in [1.807, 2.05) is 30.3 Å². The van der Waals surface area contributed by atoms with E-state index in [0.717, 1.165) is 5.56 Å². The second kappa shape index (κ2) is 9.61. The number of para-hydroxylation sites is 1. The van der Waals surface area contributed by atoms with Crippen molar-refractivity contribution in [2.75, 3.05) is 19.8 Å². The molecule has 32 heavy (non-hydrogen) atoms. The van der Waals surface area contributed by atoms with Gasteiger partial charge in [-0.3, -0.25) is 14.5 Å². The number of ether oxygens (including phenoxy) is 3. The molecule has 0 saturated carbocycles. The lowest BCUT2D eigenvalue weighted by atomic mass is 10.2. The van der Waals surface area contributed by atoms with Gasteiger partial charge in [-0.2, -0.15) is 0 Å². The molecule has 2 aromatic carbocycles. The summed E-state index contributed by atoms with van der Waals surface area (Å²) in [5, 5.41) is 10.9. The molecule has 0 fully saturated rings. The van der Waals surface area contributed by atoms with Crippen LogP contribution >= 0.6 is 0 Å². The molecule has 0 saturated heterocycles. The van der Waals surface area contributed by atoms with Gasteiger partial charge in [0.2, 0.25) is 0 Å². The normalized spacial score (nSPS) is 10.6. The van der Waals surface area contributed by atoms with E-state index in [4.69, 9.17) is 14.2 Å². The average molecular weight is 433 g/mol. The quantitative estimate of drug-likeness (QED) is 0.171. The van der Waals surface area contributed by atoms with Gasteiger partial charge in [-0.05, 0) is 42.5 Å². The Morgan fingerprint density at radius 1 is 0.906 bits per heavy atom. The standard InChI is InChI=1S/C23H19N3O6/c27-23(31-13-12-30-19-4-2-1-3-5-19)16-32-20-9-6-17(7-10-20)21-15-25-14-18(26(28)29)8-11-22(25)24-21/h1-11,14-15H,12-13,16H2. The van der Waals surface area contributed by atoms with E-state index in [0.29, 0.717) is 22.8 Å². The first kappa shape index (κ1) is 20.9. The van der Waals surface area contributed by atoms with Gasteiger partial charge in [0, 0.05) is 17.8 Å². The second-order valence-corrected chi connectivity index (χ2v) is 6.73. The Bertz CT molecular complexity index is 1220. The van der Waals surface area contributed by atoms with Crippen LogP contribution in [0, 0.1) is 10.1 Å². The largest absolute Gasteiger partial charge is 0.490 e. The Morgan fingerprint density at radius 3 is 2.41 bits per heavy atom. The number of nitrogens with zero attached hydrogens (tertiary/aromatic N) is 3. The summed E-state index contributed by atoms with van der Waals surface area (Å²) in [4.78, 5) is 26.8. The zero-order valence-corrected chi connectivity index (χ0v) is 16.9. The number of carbonyl (C=O) groups excluding carboxylic acids is 1. The number of pyridine rings is 1. The van der Waals surface area contributed by atoms with Crippen LogP contribution in [0.5, 0.6) is 11.5 Å². The summed E-state index contributed by atoms with van der Waals surface area (Å²) in [6, 6.07) is 19.3. The number of esters is 1. The van der Waals surface area contributed by atoms with Gasteiger partial charge in [0.15, 0.2) is 6.61 Å². The monoisotopic (exact) mass is 433 g/mol. The lowest BCUT2D eigenvalue weighted by molar-refractivity contribution is -0.385. The van der Waals surface area contributed by atoms with E-state index in [1.54, 1.807) is 40.9 Å². The number of carbonyl (C=O) groups is 1. The van der Waals surface area contributed by atoms with Crippen LogP contribution in [0.25, 0.3) is 16.9 Å². The number of imidazole rings is 1. The van der Waals surface area contributed by atoms with Crippen LogP contribution in [0.1, 0.15) is 0 Å². The zero-order chi connectivity index (χ0) is 22.3. The number of rotatable bonds is 9. The highest BCUT2D eigenvalue weighted by atomic mass is 16.6. The number of hydrogen-bond donors (Lipinski definition) is 0. The third-order valence-electron chi connectivity index (χ3n) is 4.51. The summed E-state index contributed by atoms with van der Waals surface area (Å²) < 4.78 is 17.6. The summed E-state index contributed by atoms with van der Waals surface area (Å²) in [5.74, 6) is 0.724. The minimum absolute atomic E-state index is 0.0105. The number of nitro groups is 1. The predicted molar refractivity (Wildman–Crippen MR) is 116 cm³/mol. The molecule has 0 amide bonds. The van der Waals surface area contributed by atoms with Crippen LogP contribution in [-0.2, 0) is 9.53 Å². The molecule has 0 bridgehead atoms. The van der Waals surface area contributed by atoms with Crippen molar-refractivity contribution >= 4 is 17.3 Å². The first-order valence-electron chi connectivity index (χ1n) is 9.78. The van der Waals surface area contributed by atoms with Crippen molar-refractivity contribution in [3.05, 3.63) is 89.2 Å². The van der Waals surface area contributed by atoms with Crippen LogP contribution in [-0.4, -0.2) is 40.1 Å². The molecular weight excluding hydrogens is 414 g/mol. The fraction of sp³-hybridized carbons (Fsp3) is 0.130. The second-order valence-electron chi connectivity index (χ2n) is 6.73. The third-order valence-corrected chi connectivity index (χ3v) is 4.51. The Kier molecular flexibility index (Phi) is 6.26. The van der Waals surface area contributed by atoms with Gasteiger partial charge < -0.3 is 14.2 Å². The molecule has 0 atom stereocenters. The summed E-state index contributed by atoms with van der Waals surface area (Å²) in [7, 11) is 0. The van der Waals surface area contributed by atoms with Crippen LogP contribution in [0.4, 0.5) is 5.69 Å². The minimum atomic E-state index is -0.493. The highest BCUT2D eigenvalue weighted by molar-refractivity contribution is 5.71. The van der Waals surface area contributed by atoms with Crippen molar-refractivity contribution in [1.82, 2.24) is 9.38 Å². The molecule has 0 aliphatic rings. The van der Waals surface area contributed by atoms with Crippen molar-refractivity contribution in [3.8, 4) is 22.8 Å². The Labute approximate surface area is 182 Å². The molecule has 162 valence electrons. The first-order valence-corrected chi connectivity index (χ1v) is 9.78. The van der Waals surface area contributed by atoms with Crippen molar-refractivity contribution in [1.29, 1.82) is 0 Å². The molecule has 0 aliphatic carbocycles. The maximum absolute atomic E-state index is 11.8. The number of fused-ring (bicyclic) bond motifs is 1. The van der Waals surface area contributed by atoms with Gasteiger partial charge >= 0.3 is 5.97 Å². The average Bonchev–Trinajstić information content (AvgIpc) is 3.25. The first-order chi connectivity index (χ1) is 15.6. The summed E-state index contributed by atoms with van der Waals surface area (Å²) in [6.45, 7) is 0.164. The Balaban J connectivity index is 1.27. The molecule has 0 unspecified atom stereocenters. The summed E-state index contributed by atoms with van der Waals surface area (Å²) in [5.41, 5.74) is 2.06. The van der Waals surface area contributed by atoms with Gasteiger partial charge in [0.1, 0.15) is 30.4 Å². The highest BCUT2D eigenvalue weighted by Gasteiger charge is 2.10. The van der Waals surface area contributed by atoms with Crippen molar-refractivity contribution < 1.29 is 23.9 Å². The van der Waals surface area contributed by atoms with E-state index in [9.17, 15) is 14.9 Å². The van der Waals surface area contributed by atoms with Crippen LogP contribution in [0.15, 0.2) is 79.1 Å². The molecule has 4 aromatic rings. The molecule has 0 aliphatic heterocycles. The topological polar surface area (TPSA) is 105 Å². The summed E-state index contributed by atoms with van der Waals surface area (Å²) in [6.07, 6.45) is 3.13. The fourth-order valence-electron chi connectivity index (χ4n) is 2.96. The van der Waals surface area contributed by atoms with Gasteiger partial charge in [-0.25, -0.2) is 9.78 Å². The molecule has 0 spiro atoms. The van der Waals surface area contributed by atoms with Crippen LogP contribution in [0.3, 0.4) is 0 Å². The molecular formula is C23H19N3O6. The fourth-order valence-corrected chi connectivity index (χ4v) is 2.96. The molecule has 2 heterocycles. The number of hydrogen-bond acceptors (Lipinski definition) is 7. The number of benzene rings is 2. The maximum Gasteiger partial charge on any atom is 0.344 e. The van der Waals surface area contributed by atoms with E-state index in [1.165, 1.54) is 12.3 Å². The van der Waals surface area contributed by atoms with Crippen molar-refractivity contribution in [2.45, 2.75) is 0 Å². The predicted octanol–water partition coefficient (Wildman–Crippen LogP) is 3.91. The van der Waals surface area contributed by atoms with Gasteiger partial charge in [0.05, 0.1) is 16.8 Å². The van der Waals surface area contributed by atoms with Gasteiger partial charge in [0.25, 0.3) is 5.69 Å². The van der Waals surface area contributed by atoms with Crippen molar-refractivity contribution in [3.63, 3.8) is 0 Å². The van der Waals surface area contributed by atoms with E-state index < -0.39 is 10.9 Å². The van der Waals surface area contributed by atoms with E-state index in [2.05, 4.69) is 4.98 Å². The zero-order valence-electron chi connectivity index (χ0n) is 16.9. The lowest BCUT2D eigenvalue weighted by Crippen LogP contribution is -2.18. The van der Waals surface area contributed by atoms with Crippen LogP contribution < -0.4 is 9.47 Å². The van der Waals surface area contributed by atoms with Crippen LogP contribution in [0.2, 0.25) is 0 Å². The molecule has 0 N–H and O–H groups in total. The molecule has 4 rings (SSSR count). The highest BCUT2D eigenvalue weighted by Crippen LogP contribution is 2.23. The molecule has 9 nitrogen and oxygen atoms in total. The van der Waals surface area contributed by atoms with Gasteiger partial charge in [-0.15, -0.1) is 0 Å². The summed E-state index contributed by atoms with van der Waals surface area (Å²) >= 11 is 0. The number of aromatic nitrogens is 2. The molecule has 9 heteroatoms. The van der Waals surface area contributed by atoms with E-state index in [-0.39, 0.29) is 25.5 Å². The van der Waals surface area contributed by atoms with Crippen molar-refractivity contribution in [2.24, 2.45) is 0 Å². The SMILES string of the molecule is O=C(COc1ccc(-c2cn3cc([N+](=O)[O-])ccc3n2)cc1)OCCOc1ccccc1. The maximum atomic E-state index is 11.8. The lowest BCUT2D eigenvalue weighted by Gasteiger charge is -2.08. The molecule has 0 radical (unpaired) electrons. The smallest absolute Gasteiger partial charge is 0.344 e.